The van der Waals surface area contributed by atoms with Gasteiger partial charge in [-0.15, -0.1) is 0 Å². The van der Waals surface area contributed by atoms with Crippen molar-refractivity contribution in [3.05, 3.63) is 78.1 Å². The quantitative estimate of drug-likeness (QED) is 0.366. The van der Waals surface area contributed by atoms with Crippen molar-refractivity contribution in [1.29, 1.82) is 5.26 Å². The fraction of sp³-hybridized carbons (Fsp3) is 0.0833. The van der Waals surface area contributed by atoms with Crippen molar-refractivity contribution in [1.82, 2.24) is 25.3 Å². The Hall–Kier alpha value is -5.11. The number of methoxy groups -OCH3 is 1. The fourth-order valence-corrected chi connectivity index (χ4v) is 3.20. The number of carbonyl (C=O) groups is 1. The minimum atomic E-state index is -2.73. The minimum Gasteiger partial charge on any atom is -0.494 e. The van der Waals surface area contributed by atoms with E-state index in [0.29, 0.717) is 17.1 Å². The van der Waals surface area contributed by atoms with Crippen LogP contribution in [0.2, 0.25) is 0 Å². The molecule has 3 heterocycles. The Kier molecular flexibility index (Phi) is 5.66. The number of nitriles is 1. The van der Waals surface area contributed by atoms with Crippen molar-refractivity contribution in [2.75, 3.05) is 24.7 Å². The van der Waals surface area contributed by atoms with E-state index >= 15 is 0 Å². The van der Waals surface area contributed by atoms with Gasteiger partial charge >= 0.3 is 0 Å². The van der Waals surface area contributed by atoms with E-state index in [1.165, 1.54) is 25.4 Å². The van der Waals surface area contributed by atoms with Crippen LogP contribution < -0.4 is 20.7 Å². The summed E-state index contributed by atoms with van der Waals surface area (Å²) in [5.41, 5.74) is 1.11. The molecule has 0 atom stereocenters. The third kappa shape index (κ3) is 5.12. The average Bonchev–Trinajstić information content (AvgIpc) is 2.88. The number of pyridine rings is 2. The number of amides is 1. The third-order valence-corrected chi connectivity index (χ3v) is 4.73. The molecule has 0 fully saturated rings. The van der Waals surface area contributed by atoms with Crippen LogP contribution in [0.1, 0.15) is 20.2 Å². The van der Waals surface area contributed by atoms with E-state index in [9.17, 15) is 9.18 Å². The molecule has 11 heteroatoms. The molecule has 0 aliphatic carbocycles. The standard InChI is InChI=1S/C24H19FN8O2/c1-27-24(34)17-13-28-21(33-20-8-3-5-15(10-26)31-20)9-19(17)32-18-7-4-6-16(22(18)35-2)23-29-11-14(25)12-30-23/h3-9,11-13H,1-2H3,(H,27,34)(H2,28,31,32,33)/i1D3. The zero-order valence-corrected chi connectivity index (χ0v) is 18.2. The lowest BCUT2D eigenvalue weighted by atomic mass is 10.1. The van der Waals surface area contributed by atoms with E-state index in [-0.39, 0.29) is 34.3 Å². The largest absolute Gasteiger partial charge is 0.494 e. The van der Waals surface area contributed by atoms with Crippen LogP contribution in [-0.2, 0) is 0 Å². The second kappa shape index (κ2) is 10.2. The monoisotopic (exact) mass is 473 g/mol. The number of hydrogen-bond donors (Lipinski definition) is 3. The molecule has 0 saturated heterocycles. The molecule has 0 saturated carbocycles. The molecule has 0 bridgehead atoms. The number of ether oxygens (including phenoxy) is 1. The van der Waals surface area contributed by atoms with Gasteiger partial charge < -0.3 is 20.7 Å². The molecule has 0 aliphatic rings. The molecule has 3 N–H and O–H groups in total. The fourth-order valence-electron chi connectivity index (χ4n) is 3.20. The molecule has 10 nitrogen and oxygen atoms in total. The number of nitrogens with one attached hydrogen (secondary N) is 3. The van der Waals surface area contributed by atoms with Crippen molar-refractivity contribution in [2.45, 2.75) is 0 Å². The molecule has 3 aromatic heterocycles. The van der Waals surface area contributed by atoms with Crippen LogP contribution in [0.5, 0.6) is 5.75 Å². The van der Waals surface area contributed by atoms with Gasteiger partial charge in [0.2, 0.25) is 0 Å². The van der Waals surface area contributed by atoms with Crippen molar-refractivity contribution >= 4 is 28.9 Å². The average molecular weight is 473 g/mol. The SMILES string of the molecule is [2H]C([2H])([2H])NC(=O)c1cnc(Nc2cccc(C#N)n2)cc1Nc1cccc(-c2ncc(F)cn2)c1OC. The predicted molar refractivity (Wildman–Crippen MR) is 127 cm³/mol. The van der Waals surface area contributed by atoms with Crippen molar-refractivity contribution in [3.63, 3.8) is 0 Å². The molecule has 4 rings (SSSR count). The third-order valence-electron chi connectivity index (χ3n) is 4.73. The number of halogens is 1. The first kappa shape index (κ1) is 19.4. The van der Waals surface area contributed by atoms with Gasteiger partial charge in [-0.1, -0.05) is 12.1 Å². The second-order valence-corrected chi connectivity index (χ2v) is 6.95. The van der Waals surface area contributed by atoms with Gasteiger partial charge in [0.1, 0.15) is 23.4 Å². The molecular weight excluding hydrogens is 451 g/mol. The number of nitrogens with zero attached hydrogens (tertiary/aromatic N) is 5. The van der Waals surface area contributed by atoms with Gasteiger partial charge in [0.15, 0.2) is 17.4 Å². The molecule has 35 heavy (non-hydrogen) atoms. The molecule has 174 valence electrons. The number of carbonyl (C=O) groups excluding carboxylic acids is 1. The van der Waals surface area contributed by atoms with Crippen LogP contribution >= 0.6 is 0 Å². The number of para-hydroxylation sites is 1. The van der Waals surface area contributed by atoms with E-state index in [4.69, 9.17) is 14.1 Å². The molecular formula is C24H19FN8O2. The number of anilines is 4. The van der Waals surface area contributed by atoms with Crippen molar-refractivity contribution in [3.8, 4) is 23.2 Å². The molecule has 0 radical (unpaired) electrons. The van der Waals surface area contributed by atoms with Crippen LogP contribution in [0.25, 0.3) is 11.4 Å². The van der Waals surface area contributed by atoms with Crippen LogP contribution in [0.3, 0.4) is 0 Å². The Labute approximate surface area is 204 Å². The first-order chi connectivity index (χ1) is 18.2. The first-order valence-corrected chi connectivity index (χ1v) is 10.1. The number of aromatic nitrogens is 4. The Balaban J connectivity index is 1.76. The zero-order valence-electron chi connectivity index (χ0n) is 21.2. The maximum atomic E-state index is 13.3. The Bertz CT molecular complexity index is 1520. The highest BCUT2D eigenvalue weighted by Crippen LogP contribution is 2.37. The van der Waals surface area contributed by atoms with Crippen LogP contribution in [0.15, 0.2) is 61.1 Å². The molecule has 0 unspecified atom stereocenters. The summed E-state index contributed by atoms with van der Waals surface area (Å²) in [5, 5.41) is 17.1. The van der Waals surface area contributed by atoms with Crippen molar-refractivity contribution < 1.29 is 18.0 Å². The van der Waals surface area contributed by atoms with E-state index in [2.05, 4.69) is 30.6 Å². The molecule has 1 aromatic carbocycles. The predicted octanol–water partition coefficient (Wildman–Crippen LogP) is 3.80. The van der Waals surface area contributed by atoms with Gasteiger partial charge in [0, 0.05) is 23.4 Å². The number of rotatable bonds is 7. The summed E-state index contributed by atoms with van der Waals surface area (Å²) in [6.07, 6.45) is 3.24. The van der Waals surface area contributed by atoms with E-state index in [1.54, 1.807) is 30.3 Å². The van der Waals surface area contributed by atoms with Gasteiger partial charge in [-0.3, -0.25) is 4.79 Å². The van der Waals surface area contributed by atoms with E-state index < -0.39 is 18.7 Å². The maximum absolute atomic E-state index is 13.3. The summed E-state index contributed by atoms with van der Waals surface area (Å²) >= 11 is 0. The second-order valence-electron chi connectivity index (χ2n) is 6.95. The summed E-state index contributed by atoms with van der Waals surface area (Å²) in [7, 11) is 1.42. The smallest absolute Gasteiger partial charge is 0.254 e. The topological polar surface area (TPSA) is 138 Å². The number of benzene rings is 1. The normalized spacial score (nSPS) is 11.9. The van der Waals surface area contributed by atoms with Crippen LogP contribution in [-0.4, -0.2) is 39.9 Å². The Morgan fingerprint density at radius 3 is 2.60 bits per heavy atom. The maximum Gasteiger partial charge on any atom is 0.254 e. The molecule has 1 amide bonds. The summed E-state index contributed by atoms with van der Waals surface area (Å²) in [6, 6.07) is 13.2. The first-order valence-electron chi connectivity index (χ1n) is 11.6. The van der Waals surface area contributed by atoms with E-state index in [0.717, 1.165) is 12.4 Å². The summed E-state index contributed by atoms with van der Waals surface area (Å²) in [4.78, 5) is 29.1. The highest BCUT2D eigenvalue weighted by molar-refractivity contribution is 6.00. The van der Waals surface area contributed by atoms with Gasteiger partial charge in [-0.2, -0.15) is 5.26 Å². The Morgan fingerprint density at radius 1 is 1.06 bits per heavy atom. The number of hydrogen-bond acceptors (Lipinski definition) is 9. The van der Waals surface area contributed by atoms with Gasteiger partial charge in [-0.25, -0.2) is 24.3 Å². The highest BCUT2D eigenvalue weighted by atomic mass is 19.1. The summed E-state index contributed by atoms with van der Waals surface area (Å²) in [6.45, 7) is -2.73. The Morgan fingerprint density at radius 2 is 1.86 bits per heavy atom. The van der Waals surface area contributed by atoms with Gasteiger partial charge in [0.25, 0.3) is 5.91 Å². The highest BCUT2D eigenvalue weighted by Gasteiger charge is 2.17. The lowest BCUT2D eigenvalue weighted by Gasteiger charge is -2.17. The lowest BCUT2D eigenvalue weighted by molar-refractivity contribution is 0.0963. The lowest BCUT2D eigenvalue weighted by Crippen LogP contribution is -2.19. The van der Waals surface area contributed by atoms with Gasteiger partial charge in [-0.05, 0) is 24.3 Å². The van der Waals surface area contributed by atoms with Crippen LogP contribution in [0, 0.1) is 17.1 Å². The summed E-state index contributed by atoms with van der Waals surface area (Å²) < 4.78 is 41.1. The molecule has 0 aliphatic heterocycles. The molecule has 4 aromatic rings. The molecule has 0 spiro atoms. The zero-order chi connectivity index (χ0) is 27.3. The van der Waals surface area contributed by atoms with E-state index in [1.807, 2.05) is 11.4 Å². The van der Waals surface area contributed by atoms with Gasteiger partial charge in [0.05, 0.1) is 42.0 Å². The summed E-state index contributed by atoms with van der Waals surface area (Å²) in [5.74, 6) is -0.428. The van der Waals surface area contributed by atoms with Crippen molar-refractivity contribution in [2.24, 2.45) is 0 Å². The van der Waals surface area contributed by atoms with Crippen LogP contribution in [0.4, 0.5) is 27.4 Å². The minimum absolute atomic E-state index is 0.0732.